The first kappa shape index (κ1) is 17.1. The van der Waals surface area contributed by atoms with Crippen LogP contribution < -0.4 is 14.8 Å². The molecular formula is C19H16F3N3O2. The molecule has 0 atom stereocenters. The van der Waals surface area contributed by atoms with E-state index in [9.17, 15) is 13.2 Å². The molecule has 3 N–H and O–H groups in total. The van der Waals surface area contributed by atoms with Gasteiger partial charge in [-0.05, 0) is 47.9 Å². The van der Waals surface area contributed by atoms with Crippen molar-refractivity contribution in [2.45, 2.75) is 6.18 Å². The summed E-state index contributed by atoms with van der Waals surface area (Å²) in [5.74, 6) is 1.89. The highest BCUT2D eigenvalue weighted by Gasteiger charge is 2.30. The molecule has 0 amide bonds. The van der Waals surface area contributed by atoms with Crippen LogP contribution in [0.2, 0.25) is 0 Å². The topological polar surface area (TPSA) is 62.1 Å². The maximum Gasteiger partial charge on any atom is 0.416 e. The molecule has 1 aliphatic heterocycles. The zero-order chi connectivity index (χ0) is 19.2. The number of halogens is 3. The summed E-state index contributed by atoms with van der Waals surface area (Å²) in [6, 6.07) is 10.6. The molecule has 0 aromatic heterocycles. The molecule has 27 heavy (non-hydrogen) atoms. The van der Waals surface area contributed by atoms with Gasteiger partial charge in [-0.15, -0.1) is 0 Å². The standard InChI is InChI=1S/C19H16F3N3O2/c1-26-15-8-10-7-14-17(13(10)9-16(15)27-2)24-25-18(14)23-12-5-3-11(4-6-12)19(20,21)22/h3-9,23-25H,1-2H3. The van der Waals surface area contributed by atoms with Gasteiger partial charge in [0.15, 0.2) is 11.5 Å². The average molecular weight is 375 g/mol. The van der Waals surface area contributed by atoms with Gasteiger partial charge in [0.25, 0.3) is 0 Å². The monoisotopic (exact) mass is 375 g/mol. The van der Waals surface area contributed by atoms with Gasteiger partial charge in [-0.2, -0.15) is 13.2 Å². The molecule has 0 saturated heterocycles. The zero-order valence-corrected chi connectivity index (χ0v) is 14.5. The number of rotatable bonds is 4. The van der Waals surface area contributed by atoms with Crippen LogP contribution in [0, 0.1) is 0 Å². The van der Waals surface area contributed by atoms with Crippen molar-refractivity contribution in [2.75, 3.05) is 19.5 Å². The van der Waals surface area contributed by atoms with Crippen molar-refractivity contribution >= 4 is 22.3 Å². The van der Waals surface area contributed by atoms with E-state index >= 15 is 0 Å². The Morgan fingerprint density at radius 2 is 1.56 bits per heavy atom. The predicted octanol–water partition coefficient (Wildman–Crippen LogP) is 5.38. The number of H-pyrrole nitrogens is 2. The first-order chi connectivity index (χ1) is 12.9. The quantitative estimate of drug-likeness (QED) is 0.449. The maximum absolute atomic E-state index is 12.7. The molecule has 8 heteroatoms. The summed E-state index contributed by atoms with van der Waals surface area (Å²) >= 11 is 0. The fraction of sp³-hybridized carbons (Fsp3) is 0.158. The Kier molecular flexibility index (Phi) is 3.91. The third-order valence-corrected chi connectivity index (χ3v) is 4.46. The number of hydrogen-bond donors (Lipinski definition) is 3. The number of alkyl halides is 3. The van der Waals surface area contributed by atoms with Gasteiger partial charge >= 0.3 is 6.18 Å². The average Bonchev–Trinajstić information content (AvgIpc) is 3.19. The molecule has 140 valence electrons. The van der Waals surface area contributed by atoms with Gasteiger partial charge in [-0.25, -0.2) is 0 Å². The summed E-state index contributed by atoms with van der Waals surface area (Å²) in [6.45, 7) is 0. The molecule has 0 fully saturated rings. The van der Waals surface area contributed by atoms with Crippen molar-refractivity contribution in [3.05, 3.63) is 48.0 Å². The van der Waals surface area contributed by atoms with Crippen LogP contribution in [0.4, 0.5) is 24.7 Å². The second-order valence-corrected chi connectivity index (χ2v) is 6.05. The van der Waals surface area contributed by atoms with Crippen LogP contribution in [0.15, 0.2) is 42.5 Å². The summed E-state index contributed by atoms with van der Waals surface area (Å²) < 4.78 is 48.8. The molecule has 1 heterocycles. The Balaban J connectivity index is 1.69. The van der Waals surface area contributed by atoms with E-state index in [-0.39, 0.29) is 0 Å². The van der Waals surface area contributed by atoms with Gasteiger partial charge < -0.3 is 14.8 Å². The van der Waals surface area contributed by atoms with Crippen LogP contribution in [0.5, 0.6) is 11.5 Å². The molecule has 2 aromatic rings. The van der Waals surface area contributed by atoms with Crippen molar-refractivity contribution < 1.29 is 22.6 Å². The normalized spacial score (nSPS) is 11.9. The minimum Gasteiger partial charge on any atom is -0.493 e. The number of fused-ring (bicyclic) bond motifs is 3. The minimum absolute atomic E-state index is 0.542. The van der Waals surface area contributed by atoms with E-state index in [1.54, 1.807) is 14.2 Å². The molecule has 0 saturated carbocycles. The highest BCUT2D eigenvalue weighted by atomic mass is 19.4. The number of methoxy groups -OCH3 is 2. The van der Waals surface area contributed by atoms with Crippen LogP contribution in [-0.2, 0) is 6.18 Å². The third-order valence-electron chi connectivity index (χ3n) is 4.46. The van der Waals surface area contributed by atoms with E-state index in [0.29, 0.717) is 23.0 Å². The van der Waals surface area contributed by atoms with Crippen molar-refractivity contribution in [1.29, 1.82) is 0 Å². The largest absolute Gasteiger partial charge is 0.493 e. The molecule has 1 aliphatic carbocycles. The van der Waals surface area contributed by atoms with Crippen molar-refractivity contribution in [3.63, 3.8) is 0 Å². The molecule has 4 rings (SSSR count). The second kappa shape index (κ2) is 6.15. The van der Waals surface area contributed by atoms with Crippen LogP contribution in [0.3, 0.4) is 0 Å². The Hall–Kier alpha value is -3.29. The molecule has 0 spiro atoms. The first-order valence-electron chi connectivity index (χ1n) is 8.10. The van der Waals surface area contributed by atoms with E-state index in [1.165, 1.54) is 12.1 Å². The SMILES string of the molecule is COc1cc2cc3c(Nc4ccc(C(F)(F)F)cc4)[nH][nH]c-3c2cc1OC. The first-order valence-corrected chi connectivity index (χ1v) is 8.10. The van der Waals surface area contributed by atoms with Gasteiger partial charge in [0.2, 0.25) is 0 Å². The van der Waals surface area contributed by atoms with Gasteiger partial charge in [-0.1, -0.05) is 0 Å². The lowest BCUT2D eigenvalue weighted by Crippen LogP contribution is -2.04. The van der Waals surface area contributed by atoms with E-state index < -0.39 is 11.7 Å². The van der Waals surface area contributed by atoms with E-state index in [0.717, 1.165) is 34.2 Å². The summed E-state index contributed by atoms with van der Waals surface area (Å²) in [5, 5.41) is 11.1. The number of nitrogens with one attached hydrogen (secondary N) is 3. The Morgan fingerprint density at radius 1 is 0.889 bits per heavy atom. The minimum atomic E-state index is -4.35. The number of benzene rings is 2. The fourth-order valence-electron chi connectivity index (χ4n) is 3.11. The smallest absolute Gasteiger partial charge is 0.416 e. The molecular weight excluding hydrogens is 359 g/mol. The summed E-state index contributed by atoms with van der Waals surface area (Å²) in [6.07, 6.45) is -4.35. The molecule has 0 unspecified atom stereocenters. The Morgan fingerprint density at radius 3 is 2.19 bits per heavy atom. The van der Waals surface area contributed by atoms with E-state index in [2.05, 4.69) is 15.5 Å². The van der Waals surface area contributed by atoms with Crippen LogP contribution in [0.25, 0.3) is 22.0 Å². The number of anilines is 2. The second-order valence-electron chi connectivity index (χ2n) is 6.05. The number of ether oxygens (including phenoxy) is 2. The van der Waals surface area contributed by atoms with Gasteiger partial charge in [-0.3, -0.25) is 10.2 Å². The number of hydrogen-bond acceptors (Lipinski definition) is 3. The highest BCUT2D eigenvalue weighted by molar-refractivity contribution is 6.05. The zero-order valence-electron chi connectivity index (χ0n) is 14.5. The van der Waals surface area contributed by atoms with E-state index in [4.69, 9.17) is 9.47 Å². The van der Waals surface area contributed by atoms with Gasteiger partial charge in [0.1, 0.15) is 5.82 Å². The summed E-state index contributed by atoms with van der Waals surface area (Å²) in [4.78, 5) is 0. The molecule has 0 radical (unpaired) electrons. The van der Waals surface area contributed by atoms with Crippen LogP contribution >= 0.6 is 0 Å². The Labute approximate surface area is 152 Å². The predicted molar refractivity (Wildman–Crippen MR) is 97.1 cm³/mol. The van der Waals surface area contributed by atoms with Gasteiger partial charge in [0.05, 0.1) is 25.5 Å². The molecule has 5 nitrogen and oxygen atoms in total. The lowest BCUT2D eigenvalue weighted by atomic mass is 10.2. The maximum atomic E-state index is 12.7. The molecule has 0 bridgehead atoms. The third kappa shape index (κ3) is 2.92. The number of aromatic amines is 2. The number of aromatic nitrogens is 2. The summed E-state index contributed by atoms with van der Waals surface area (Å²) in [5.41, 5.74) is 1.59. The Bertz CT molecular complexity index is 1060. The fourth-order valence-corrected chi connectivity index (χ4v) is 3.11. The van der Waals surface area contributed by atoms with Crippen molar-refractivity contribution in [3.8, 4) is 22.8 Å². The van der Waals surface area contributed by atoms with Gasteiger partial charge in [0, 0.05) is 16.6 Å². The van der Waals surface area contributed by atoms with Crippen molar-refractivity contribution in [1.82, 2.24) is 10.2 Å². The van der Waals surface area contributed by atoms with E-state index in [1.807, 2.05) is 18.2 Å². The molecule has 2 aromatic carbocycles. The summed E-state index contributed by atoms with van der Waals surface area (Å²) in [7, 11) is 3.14. The lowest BCUT2D eigenvalue weighted by Gasteiger charge is -2.08. The van der Waals surface area contributed by atoms with Crippen LogP contribution in [0.1, 0.15) is 5.56 Å². The van der Waals surface area contributed by atoms with Crippen LogP contribution in [-0.4, -0.2) is 24.4 Å². The van der Waals surface area contributed by atoms with Crippen molar-refractivity contribution in [2.24, 2.45) is 0 Å². The molecule has 2 aliphatic rings. The highest BCUT2D eigenvalue weighted by Crippen LogP contribution is 2.42. The lowest BCUT2D eigenvalue weighted by molar-refractivity contribution is -0.137.